The maximum Gasteiger partial charge on any atom is 3.00 e. The molecule has 0 amide bonds. The molecule has 0 spiro atoms. The second-order valence-electron chi connectivity index (χ2n) is 10.1. The Labute approximate surface area is 274 Å². The Hall–Kier alpha value is -5.52. The second kappa shape index (κ2) is 13.8. The number of rotatable bonds is 1. The van der Waals surface area contributed by atoms with Crippen molar-refractivity contribution in [3.8, 4) is 33.6 Å². The molecule has 2 aromatic heterocycles. The number of nitrogens with zero attached hydrogens (tertiary/aromatic N) is 2. The second-order valence-corrected chi connectivity index (χ2v) is 10.1. The SMILES string of the molecule is N=C1C(=N)c2ccccc2-c2ccccc21.N=C1C(=N)c2ccccc2-c2ccccc21.[Rh+3].c1ccc(-c2ccccn2)nc1. The number of fused-ring (bicyclic) bond motifs is 6. The average Bonchev–Trinajstić information content (AvgIpc) is 3.11. The zero-order valence-corrected chi connectivity index (χ0v) is 25.7. The van der Waals surface area contributed by atoms with Crippen molar-refractivity contribution in [2.24, 2.45) is 0 Å². The number of aromatic nitrogens is 2. The van der Waals surface area contributed by atoms with E-state index in [-0.39, 0.29) is 19.5 Å². The molecule has 0 atom stereocenters. The minimum atomic E-state index is 0. The summed E-state index contributed by atoms with van der Waals surface area (Å²) in [6.45, 7) is 0. The molecule has 0 saturated carbocycles. The fourth-order valence-corrected chi connectivity index (χ4v) is 5.31. The summed E-state index contributed by atoms with van der Waals surface area (Å²) in [5.74, 6) is 0. The first-order chi connectivity index (χ1) is 21.5. The molecule has 6 aromatic rings. The molecule has 216 valence electrons. The summed E-state index contributed by atoms with van der Waals surface area (Å²) in [6, 6.07) is 42.8. The van der Waals surface area contributed by atoms with Crippen LogP contribution in [0.4, 0.5) is 0 Å². The quantitative estimate of drug-likeness (QED) is 0.131. The number of pyridine rings is 2. The van der Waals surface area contributed by atoms with Gasteiger partial charge in [-0.3, -0.25) is 31.6 Å². The first-order valence-corrected chi connectivity index (χ1v) is 14.1. The molecule has 45 heavy (non-hydrogen) atoms. The third-order valence-corrected chi connectivity index (χ3v) is 7.46. The maximum atomic E-state index is 7.98. The van der Waals surface area contributed by atoms with E-state index in [1.807, 2.05) is 133 Å². The Morgan fingerprint density at radius 2 is 0.511 bits per heavy atom. The van der Waals surface area contributed by atoms with Crippen LogP contribution in [0.5, 0.6) is 0 Å². The van der Waals surface area contributed by atoms with Gasteiger partial charge in [0, 0.05) is 34.6 Å². The Kier molecular flexibility index (Phi) is 9.52. The zero-order valence-electron chi connectivity index (χ0n) is 24.1. The van der Waals surface area contributed by atoms with Crippen LogP contribution in [0.2, 0.25) is 0 Å². The van der Waals surface area contributed by atoms with E-state index in [1.165, 1.54) is 0 Å². The molecule has 2 heterocycles. The molecule has 0 aliphatic heterocycles. The van der Waals surface area contributed by atoms with Gasteiger partial charge in [0.15, 0.2) is 0 Å². The fraction of sp³-hybridized carbons (Fsp3) is 0. The minimum Gasteiger partial charge on any atom is -0.298 e. The van der Waals surface area contributed by atoms with Crippen molar-refractivity contribution in [3.05, 3.63) is 168 Å². The van der Waals surface area contributed by atoms with E-state index in [9.17, 15) is 0 Å². The summed E-state index contributed by atoms with van der Waals surface area (Å²) in [6.07, 6.45) is 3.54. The van der Waals surface area contributed by atoms with Crippen LogP contribution in [0, 0.1) is 21.6 Å². The maximum absolute atomic E-state index is 7.98. The normalized spacial score (nSPS) is 12.0. The van der Waals surface area contributed by atoms with Gasteiger partial charge in [-0.05, 0) is 46.5 Å². The summed E-state index contributed by atoms with van der Waals surface area (Å²) in [4.78, 5) is 8.37. The van der Waals surface area contributed by atoms with Crippen LogP contribution >= 0.6 is 0 Å². The van der Waals surface area contributed by atoms with Crippen molar-refractivity contribution in [1.82, 2.24) is 9.97 Å². The fourth-order valence-electron chi connectivity index (χ4n) is 5.31. The van der Waals surface area contributed by atoms with Crippen LogP contribution in [-0.2, 0) is 19.5 Å². The molecule has 0 bridgehead atoms. The molecule has 0 saturated heterocycles. The standard InChI is InChI=1S/2C14H10N2.C10H8N2.Rh/c2*15-13-11-7-3-1-5-9(11)10-6-2-4-8-12(10)14(13)16;1-3-7-11-9(5-1)10-6-2-4-8-12-10;/h2*1-8,15-16H;1-8H;/q;;;+3. The van der Waals surface area contributed by atoms with Crippen molar-refractivity contribution in [2.75, 3.05) is 0 Å². The molecule has 4 N–H and O–H groups in total. The van der Waals surface area contributed by atoms with Crippen LogP contribution in [0.25, 0.3) is 33.6 Å². The summed E-state index contributed by atoms with van der Waals surface area (Å²) >= 11 is 0. The van der Waals surface area contributed by atoms with Gasteiger partial charge in [0.25, 0.3) is 0 Å². The molecule has 7 heteroatoms. The van der Waals surface area contributed by atoms with Gasteiger partial charge in [0.1, 0.15) is 0 Å². The first kappa shape index (κ1) is 30.9. The number of hydrogen-bond acceptors (Lipinski definition) is 6. The zero-order chi connectivity index (χ0) is 30.5. The number of nitrogens with one attached hydrogen (secondary N) is 4. The molecular weight excluding hydrogens is 643 g/mol. The molecule has 0 unspecified atom stereocenters. The molecule has 6 nitrogen and oxygen atoms in total. The van der Waals surface area contributed by atoms with Crippen molar-refractivity contribution in [1.29, 1.82) is 21.6 Å². The molecule has 0 fully saturated rings. The van der Waals surface area contributed by atoms with Gasteiger partial charge in [0.2, 0.25) is 0 Å². The van der Waals surface area contributed by atoms with Crippen LogP contribution in [0.3, 0.4) is 0 Å². The van der Waals surface area contributed by atoms with E-state index < -0.39 is 0 Å². The molecule has 8 rings (SSSR count). The van der Waals surface area contributed by atoms with E-state index >= 15 is 0 Å². The Bertz CT molecular complexity index is 1780. The third kappa shape index (κ3) is 6.26. The average molecular weight is 672 g/mol. The predicted molar refractivity (Wildman–Crippen MR) is 179 cm³/mol. The summed E-state index contributed by atoms with van der Waals surface area (Å²) in [5.41, 5.74) is 10.7. The van der Waals surface area contributed by atoms with Crippen LogP contribution < -0.4 is 0 Å². The Balaban J connectivity index is 0.000000134. The minimum absolute atomic E-state index is 0. The topological polar surface area (TPSA) is 121 Å². The van der Waals surface area contributed by atoms with Crippen molar-refractivity contribution < 1.29 is 19.5 Å². The molecule has 2 aliphatic carbocycles. The summed E-state index contributed by atoms with van der Waals surface area (Å²) in [5, 5.41) is 31.9. The van der Waals surface area contributed by atoms with Gasteiger partial charge >= 0.3 is 19.5 Å². The Morgan fingerprint density at radius 3 is 0.733 bits per heavy atom. The van der Waals surface area contributed by atoms with Crippen LogP contribution in [-0.4, -0.2) is 32.8 Å². The van der Waals surface area contributed by atoms with Gasteiger partial charge in [-0.25, -0.2) is 0 Å². The summed E-state index contributed by atoms with van der Waals surface area (Å²) in [7, 11) is 0. The van der Waals surface area contributed by atoms with Crippen LogP contribution in [0.1, 0.15) is 22.3 Å². The largest absolute Gasteiger partial charge is 3.00 e. The number of hydrogen-bond donors (Lipinski definition) is 4. The third-order valence-electron chi connectivity index (χ3n) is 7.46. The molecule has 4 aromatic carbocycles. The Morgan fingerprint density at radius 1 is 0.289 bits per heavy atom. The van der Waals surface area contributed by atoms with E-state index in [0.29, 0.717) is 22.8 Å². The van der Waals surface area contributed by atoms with Gasteiger partial charge < -0.3 is 0 Å². The molecular formula is C38H28N6Rh+3. The predicted octanol–water partition coefficient (Wildman–Crippen LogP) is 8.35. The van der Waals surface area contributed by atoms with E-state index in [1.54, 1.807) is 12.4 Å². The van der Waals surface area contributed by atoms with Gasteiger partial charge in [-0.1, -0.05) is 109 Å². The van der Waals surface area contributed by atoms with E-state index in [4.69, 9.17) is 21.6 Å². The van der Waals surface area contributed by atoms with Crippen molar-refractivity contribution in [2.45, 2.75) is 0 Å². The van der Waals surface area contributed by atoms with Crippen molar-refractivity contribution >= 4 is 22.8 Å². The molecule has 0 radical (unpaired) electrons. The first-order valence-electron chi connectivity index (χ1n) is 14.1. The summed E-state index contributed by atoms with van der Waals surface area (Å²) < 4.78 is 0. The molecule has 2 aliphatic rings. The van der Waals surface area contributed by atoms with E-state index in [0.717, 1.165) is 55.9 Å². The smallest absolute Gasteiger partial charge is 0.298 e. The van der Waals surface area contributed by atoms with Crippen molar-refractivity contribution in [3.63, 3.8) is 0 Å². The van der Waals surface area contributed by atoms with Gasteiger partial charge in [-0.15, -0.1) is 0 Å². The van der Waals surface area contributed by atoms with Crippen LogP contribution in [0.15, 0.2) is 146 Å². The monoisotopic (exact) mass is 671 g/mol. The van der Waals surface area contributed by atoms with Gasteiger partial charge in [0.05, 0.1) is 34.2 Å². The number of benzene rings is 4. The van der Waals surface area contributed by atoms with E-state index in [2.05, 4.69) is 9.97 Å². The van der Waals surface area contributed by atoms with Gasteiger partial charge in [-0.2, -0.15) is 0 Å².